The summed E-state index contributed by atoms with van der Waals surface area (Å²) < 4.78 is 15.6. The third-order valence-corrected chi connectivity index (χ3v) is 3.57. The van der Waals surface area contributed by atoms with Crippen LogP contribution in [0.4, 0.5) is 4.39 Å². The Bertz CT molecular complexity index is 629. The van der Waals surface area contributed by atoms with Crippen LogP contribution in [0.5, 0.6) is 0 Å². The van der Waals surface area contributed by atoms with Crippen LogP contribution in [0.3, 0.4) is 0 Å². The van der Waals surface area contributed by atoms with E-state index in [0.29, 0.717) is 6.54 Å². The Morgan fingerprint density at radius 3 is 2.67 bits per heavy atom. The number of nitrogens with one attached hydrogen (secondary N) is 1. The van der Waals surface area contributed by atoms with Gasteiger partial charge in [-0.3, -0.25) is 0 Å². The molecule has 1 aromatic carbocycles. The van der Waals surface area contributed by atoms with E-state index in [1.165, 1.54) is 6.07 Å². The Hall–Kier alpha value is -1.39. The Kier molecular flexibility index (Phi) is 4.69. The third-order valence-electron chi connectivity index (χ3n) is 3.26. The first-order chi connectivity index (χ1) is 9.76. The first-order valence-electron chi connectivity index (χ1n) is 6.96. The summed E-state index contributed by atoms with van der Waals surface area (Å²) in [6.07, 6.45) is 1.86. The molecule has 3 nitrogen and oxygen atoms in total. The van der Waals surface area contributed by atoms with Crippen molar-refractivity contribution in [2.75, 3.05) is 0 Å². The number of imidazole rings is 1. The fraction of sp³-hybridized carbons (Fsp3) is 0.438. The van der Waals surface area contributed by atoms with Crippen molar-refractivity contribution in [3.63, 3.8) is 0 Å². The van der Waals surface area contributed by atoms with Crippen LogP contribution < -0.4 is 5.32 Å². The van der Waals surface area contributed by atoms with Gasteiger partial charge in [0.25, 0.3) is 0 Å². The zero-order chi connectivity index (χ0) is 15.6. The number of hydrogen-bond donors (Lipinski definition) is 1. The molecular formula is C16H21ClFN3. The maximum Gasteiger partial charge on any atom is 0.142 e. The lowest BCUT2D eigenvalue weighted by molar-refractivity contribution is 0.416. The zero-order valence-electron chi connectivity index (χ0n) is 12.9. The quantitative estimate of drug-likeness (QED) is 0.927. The molecule has 2 aromatic rings. The van der Waals surface area contributed by atoms with Crippen LogP contribution in [-0.4, -0.2) is 15.1 Å². The van der Waals surface area contributed by atoms with E-state index in [1.807, 2.05) is 19.2 Å². The van der Waals surface area contributed by atoms with E-state index in [1.54, 1.807) is 6.07 Å². The van der Waals surface area contributed by atoms with Crippen molar-refractivity contribution in [2.24, 2.45) is 0 Å². The average molecular weight is 310 g/mol. The molecule has 0 atom stereocenters. The average Bonchev–Trinajstić information content (AvgIpc) is 2.72. The topological polar surface area (TPSA) is 29.9 Å². The standard InChI is InChI=1S/C16H21ClFN3/c1-11-19-8-13(9-20-16(2,3)4)21(11)10-12-5-6-14(17)15(18)7-12/h5-8,20H,9-10H2,1-4H3. The summed E-state index contributed by atoms with van der Waals surface area (Å²) in [6, 6.07) is 4.90. The number of halogens is 2. The second-order valence-corrected chi connectivity index (χ2v) is 6.64. The molecule has 1 heterocycles. The predicted molar refractivity (Wildman–Crippen MR) is 84.1 cm³/mol. The van der Waals surface area contributed by atoms with Gasteiger partial charge in [-0.1, -0.05) is 17.7 Å². The highest BCUT2D eigenvalue weighted by Gasteiger charge is 2.13. The number of aromatic nitrogens is 2. The van der Waals surface area contributed by atoms with Gasteiger partial charge < -0.3 is 9.88 Å². The molecule has 0 aliphatic rings. The van der Waals surface area contributed by atoms with Gasteiger partial charge in [-0.15, -0.1) is 0 Å². The molecule has 0 spiro atoms. The molecule has 114 valence electrons. The van der Waals surface area contributed by atoms with E-state index < -0.39 is 0 Å². The highest BCUT2D eigenvalue weighted by molar-refractivity contribution is 6.30. The molecule has 0 saturated heterocycles. The van der Waals surface area contributed by atoms with Crippen molar-refractivity contribution >= 4 is 11.6 Å². The van der Waals surface area contributed by atoms with Gasteiger partial charge in [0.15, 0.2) is 0 Å². The minimum absolute atomic E-state index is 0.0371. The molecule has 0 bridgehead atoms. The lowest BCUT2D eigenvalue weighted by Crippen LogP contribution is -2.35. The normalized spacial score (nSPS) is 11.9. The molecule has 1 N–H and O–H groups in total. The Labute approximate surface area is 130 Å². The van der Waals surface area contributed by atoms with Crippen LogP contribution in [0.2, 0.25) is 5.02 Å². The van der Waals surface area contributed by atoms with Gasteiger partial charge in [-0.05, 0) is 45.4 Å². The summed E-state index contributed by atoms with van der Waals surface area (Å²) in [5.74, 6) is 0.525. The summed E-state index contributed by atoms with van der Waals surface area (Å²) in [5.41, 5.74) is 1.99. The van der Waals surface area contributed by atoms with Crippen LogP contribution in [0.15, 0.2) is 24.4 Å². The fourth-order valence-corrected chi connectivity index (χ4v) is 2.17. The number of benzene rings is 1. The van der Waals surface area contributed by atoms with Gasteiger partial charge in [0.1, 0.15) is 11.6 Å². The first-order valence-corrected chi connectivity index (χ1v) is 7.34. The van der Waals surface area contributed by atoms with Crippen LogP contribution in [0.25, 0.3) is 0 Å². The van der Waals surface area contributed by atoms with E-state index in [-0.39, 0.29) is 16.4 Å². The zero-order valence-corrected chi connectivity index (χ0v) is 13.6. The first kappa shape index (κ1) is 16.0. The summed E-state index contributed by atoms with van der Waals surface area (Å²) in [7, 11) is 0. The minimum Gasteiger partial charge on any atom is -0.327 e. The van der Waals surface area contributed by atoms with Gasteiger partial charge in [0, 0.05) is 24.8 Å². The SMILES string of the molecule is Cc1ncc(CNC(C)(C)C)n1Cc1ccc(Cl)c(F)c1. The molecule has 0 radical (unpaired) electrons. The van der Waals surface area contributed by atoms with Crippen LogP contribution >= 0.6 is 11.6 Å². The van der Waals surface area contributed by atoms with Crippen molar-refractivity contribution in [2.45, 2.75) is 46.3 Å². The maximum atomic E-state index is 13.5. The third kappa shape index (κ3) is 4.29. The summed E-state index contributed by atoms with van der Waals surface area (Å²) in [6.45, 7) is 9.62. The van der Waals surface area contributed by atoms with Gasteiger partial charge >= 0.3 is 0 Å². The Morgan fingerprint density at radius 1 is 1.33 bits per heavy atom. The van der Waals surface area contributed by atoms with Gasteiger partial charge in [-0.2, -0.15) is 0 Å². The number of rotatable bonds is 4. The number of hydrogen-bond acceptors (Lipinski definition) is 2. The Balaban J connectivity index is 2.19. The maximum absolute atomic E-state index is 13.5. The van der Waals surface area contributed by atoms with Gasteiger partial charge in [-0.25, -0.2) is 9.37 Å². The molecule has 5 heteroatoms. The molecule has 2 rings (SSSR count). The summed E-state index contributed by atoms with van der Waals surface area (Å²) >= 11 is 5.72. The molecule has 21 heavy (non-hydrogen) atoms. The second kappa shape index (κ2) is 6.16. The molecule has 1 aromatic heterocycles. The van der Waals surface area contributed by atoms with E-state index >= 15 is 0 Å². The van der Waals surface area contributed by atoms with Crippen molar-refractivity contribution in [3.05, 3.63) is 52.3 Å². The molecule has 0 aliphatic carbocycles. The minimum atomic E-state index is -0.388. The second-order valence-electron chi connectivity index (χ2n) is 6.23. The van der Waals surface area contributed by atoms with E-state index in [2.05, 4.69) is 35.6 Å². The van der Waals surface area contributed by atoms with Crippen LogP contribution in [0, 0.1) is 12.7 Å². The number of nitrogens with zero attached hydrogens (tertiary/aromatic N) is 2. The molecule has 0 aliphatic heterocycles. The van der Waals surface area contributed by atoms with E-state index in [0.717, 1.165) is 23.6 Å². The van der Waals surface area contributed by atoms with Crippen LogP contribution in [0.1, 0.15) is 37.9 Å². The lowest BCUT2D eigenvalue weighted by atomic mass is 10.1. The number of aryl methyl sites for hydroxylation is 1. The molecule has 0 amide bonds. The fourth-order valence-electron chi connectivity index (χ4n) is 2.05. The van der Waals surface area contributed by atoms with Crippen molar-refractivity contribution in [1.82, 2.24) is 14.9 Å². The molecule has 0 fully saturated rings. The highest BCUT2D eigenvalue weighted by atomic mass is 35.5. The Morgan fingerprint density at radius 2 is 2.05 bits per heavy atom. The largest absolute Gasteiger partial charge is 0.327 e. The monoisotopic (exact) mass is 309 g/mol. The van der Waals surface area contributed by atoms with E-state index in [4.69, 9.17) is 11.6 Å². The summed E-state index contributed by atoms with van der Waals surface area (Å²) in [5, 5.41) is 3.59. The summed E-state index contributed by atoms with van der Waals surface area (Å²) in [4.78, 5) is 4.36. The van der Waals surface area contributed by atoms with Crippen molar-refractivity contribution in [1.29, 1.82) is 0 Å². The lowest BCUT2D eigenvalue weighted by Gasteiger charge is -2.21. The molecule has 0 unspecified atom stereocenters. The van der Waals surface area contributed by atoms with Gasteiger partial charge in [0.2, 0.25) is 0 Å². The molecule has 0 saturated carbocycles. The smallest absolute Gasteiger partial charge is 0.142 e. The van der Waals surface area contributed by atoms with E-state index in [9.17, 15) is 4.39 Å². The van der Waals surface area contributed by atoms with Crippen molar-refractivity contribution in [3.8, 4) is 0 Å². The predicted octanol–water partition coefficient (Wildman–Crippen LogP) is 3.92. The van der Waals surface area contributed by atoms with Gasteiger partial charge in [0.05, 0.1) is 10.7 Å². The van der Waals surface area contributed by atoms with Crippen molar-refractivity contribution < 1.29 is 4.39 Å². The van der Waals surface area contributed by atoms with Crippen LogP contribution in [-0.2, 0) is 13.1 Å². The highest BCUT2D eigenvalue weighted by Crippen LogP contribution is 2.18. The molecular weight excluding hydrogens is 289 g/mol.